The maximum absolute atomic E-state index is 13.0. The van der Waals surface area contributed by atoms with Crippen LogP contribution >= 0.6 is 11.3 Å². The van der Waals surface area contributed by atoms with E-state index in [0.29, 0.717) is 16.6 Å². The minimum absolute atomic E-state index is 0.135. The molecule has 2 aromatic rings. The first kappa shape index (κ1) is 12.2. The van der Waals surface area contributed by atoms with Gasteiger partial charge < -0.3 is 5.32 Å². The summed E-state index contributed by atoms with van der Waals surface area (Å²) >= 11 is 1.42. The molecule has 1 fully saturated rings. The lowest BCUT2D eigenvalue weighted by atomic mass is 10.1. The van der Waals surface area contributed by atoms with E-state index < -0.39 is 0 Å². The molecule has 4 nitrogen and oxygen atoms in total. The number of halogens is 1. The van der Waals surface area contributed by atoms with Crippen LogP contribution in [0.25, 0.3) is 0 Å². The van der Waals surface area contributed by atoms with Crippen LogP contribution in [0.1, 0.15) is 29.3 Å². The van der Waals surface area contributed by atoms with Crippen LogP contribution in [0.4, 0.5) is 9.52 Å². The number of carbonyl (C=O) groups is 1. The molecule has 0 bridgehead atoms. The second kappa shape index (κ2) is 5.05. The third kappa shape index (κ3) is 3.14. The van der Waals surface area contributed by atoms with E-state index in [4.69, 9.17) is 0 Å². The predicted octanol–water partition coefficient (Wildman–Crippen LogP) is 2.74. The van der Waals surface area contributed by atoms with E-state index >= 15 is 0 Å². The first-order valence-electron chi connectivity index (χ1n) is 6.08. The van der Waals surface area contributed by atoms with E-state index in [1.807, 2.05) is 0 Å². The molecule has 6 heteroatoms. The summed E-state index contributed by atoms with van der Waals surface area (Å²) in [6, 6.07) is 6.02. The maximum Gasteiger partial charge on any atom is 0.230 e. The molecule has 98 valence electrons. The van der Waals surface area contributed by atoms with E-state index in [1.165, 1.54) is 23.5 Å². The fraction of sp³-hybridized carbons (Fsp3) is 0.308. The Morgan fingerprint density at radius 3 is 3.00 bits per heavy atom. The van der Waals surface area contributed by atoms with Crippen LogP contribution < -0.4 is 5.32 Å². The van der Waals surface area contributed by atoms with Crippen LogP contribution in [0, 0.1) is 5.82 Å². The van der Waals surface area contributed by atoms with Gasteiger partial charge in [0.15, 0.2) is 0 Å². The molecule has 1 aliphatic rings. The molecule has 1 aromatic carbocycles. The molecule has 1 saturated carbocycles. The van der Waals surface area contributed by atoms with Gasteiger partial charge in [-0.2, -0.15) is 0 Å². The van der Waals surface area contributed by atoms with Gasteiger partial charge in [0, 0.05) is 5.92 Å². The van der Waals surface area contributed by atoms with Gasteiger partial charge in [0.2, 0.25) is 11.0 Å². The van der Waals surface area contributed by atoms with E-state index in [1.54, 1.807) is 12.1 Å². The Bertz CT molecular complexity index is 609. The predicted molar refractivity (Wildman–Crippen MR) is 70.6 cm³/mol. The van der Waals surface area contributed by atoms with Gasteiger partial charge in [-0.1, -0.05) is 23.5 Å². The van der Waals surface area contributed by atoms with Crippen LogP contribution in [0.2, 0.25) is 0 Å². The molecule has 0 spiro atoms. The lowest BCUT2D eigenvalue weighted by Crippen LogP contribution is -2.14. The van der Waals surface area contributed by atoms with Gasteiger partial charge in [0.1, 0.15) is 10.8 Å². The van der Waals surface area contributed by atoms with Crippen molar-refractivity contribution < 1.29 is 9.18 Å². The van der Waals surface area contributed by atoms with Crippen molar-refractivity contribution in [2.75, 3.05) is 5.32 Å². The number of rotatable bonds is 4. The summed E-state index contributed by atoms with van der Waals surface area (Å²) in [6.45, 7) is 0. The zero-order valence-corrected chi connectivity index (χ0v) is 10.9. The molecule has 1 aromatic heterocycles. The Hall–Kier alpha value is -1.82. The highest BCUT2D eigenvalue weighted by Crippen LogP contribution is 2.42. The molecule has 0 radical (unpaired) electrons. The molecule has 1 heterocycles. The van der Waals surface area contributed by atoms with Crippen molar-refractivity contribution in [3.63, 3.8) is 0 Å². The fourth-order valence-corrected chi connectivity index (χ4v) is 2.70. The molecule has 19 heavy (non-hydrogen) atoms. The molecule has 0 saturated heterocycles. The summed E-state index contributed by atoms with van der Waals surface area (Å²) < 4.78 is 13.0. The first-order valence-corrected chi connectivity index (χ1v) is 6.90. The van der Waals surface area contributed by atoms with Crippen molar-refractivity contribution in [2.24, 2.45) is 0 Å². The van der Waals surface area contributed by atoms with E-state index in [-0.39, 0.29) is 18.1 Å². The number of benzene rings is 1. The molecule has 0 unspecified atom stereocenters. The number of hydrogen-bond donors (Lipinski definition) is 1. The zero-order chi connectivity index (χ0) is 13.2. The Morgan fingerprint density at radius 1 is 1.42 bits per heavy atom. The Morgan fingerprint density at radius 2 is 2.26 bits per heavy atom. The summed E-state index contributed by atoms with van der Waals surface area (Å²) in [5, 5.41) is 12.2. The normalized spacial score (nSPS) is 14.4. The summed E-state index contributed by atoms with van der Waals surface area (Å²) in [6.07, 6.45) is 2.45. The van der Waals surface area contributed by atoms with Crippen molar-refractivity contribution in [2.45, 2.75) is 25.2 Å². The Labute approximate surface area is 113 Å². The zero-order valence-electron chi connectivity index (χ0n) is 10.1. The van der Waals surface area contributed by atoms with Crippen molar-refractivity contribution in [1.29, 1.82) is 0 Å². The van der Waals surface area contributed by atoms with Crippen LogP contribution in [0.3, 0.4) is 0 Å². The van der Waals surface area contributed by atoms with Gasteiger partial charge in [0.25, 0.3) is 0 Å². The van der Waals surface area contributed by atoms with Crippen LogP contribution in [-0.2, 0) is 11.2 Å². The van der Waals surface area contributed by atoms with Crippen molar-refractivity contribution in [3.05, 3.63) is 40.7 Å². The summed E-state index contributed by atoms with van der Waals surface area (Å²) in [5.74, 6) is -0.00676. The Balaban J connectivity index is 1.61. The molecule has 0 aliphatic heterocycles. The quantitative estimate of drug-likeness (QED) is 0.935. The minimum Gasteiger partial charge on any atom is -0.300 e. The number of anilines is 1. The number of amides is 1. The summed E-state index contributed by atoms with van der Waals surface area (Å²) in [4.78, 5) is 11.8. The second-order valence-corrected chi connectivity index (χ2v) is 5.58. The van der Waals surface area contributed by atoms with Gasteiger partial charge in [-0.3, -0.25) is 4.79 Å². The van der Waals surface area contributed by atoms with Crippen molar-refractivity contribution >= 4 is 22.4 Å². The largest absolute Gasteiger partial charge is 0.300 e. The van der Waals surface area contributed by atoms with E-state index in [0.717, 1.165) is 17.8 Å². The first-order chi connectivity index (χ1) is 9.20. The lowest BCUT2D eigenvalue weighted by Gasteiger charge is -2.01. The third-order valence-electron chi connectivity index (χ3n) is 2.87. The molecular formula is C13H12FN3OS. The van der Waals surface area contributed by atoms with Gasteiger partial charge in [-0.25, -0.2) is 4.39 Å². The molecule has 1 amide bonds. The fourth-order valence-electron chi connectivity index (χ4n) is 1.78. The van der Waals surface area contributed by atoms with Gasteiger partial charge in [0.05, 0.1) is 6.42 Å². The minimum atomic E-state index is -0.336. The van der Waals surface area contributed by atoms with Crippen LogP contribution in [0.15, 0.2) is 24.3 Å². The second-order valence-electron chi connectivity index (χ2n) is 4.57. The van der Waals surface area contributed by atoms with Crippen molar-refractivity contribution in [3.8, 4) is 0 Å². The lowest BCUT2D eigenvalue weighted by molar-refractivity contribution is -0.115. The maximum atomic E-state index is 13.0. The summed E-state index contributed by atoms with van der Waals surface area (Å²) in [5.41, 5.74) is 0.643. The summed E-state index contributed by atoms with van der Waals surface area (Å²) in [7, 11) is 0. The Kier molecular flexibility index (Phi) is 3.25. The molecule has 3 rings (SSSR count). The average molecular weight is 277 g/mol. The van der Waals surface area contributed by atoms with Crippen LogP contribution in [0.5, 0.6) is 0 Å². The third-order valence-corrected chi connectivity index (χ3v) is 3.87. The number of nitrogens with zero attached hydrogens (tertiary/aromatic N) is 2. The highest BCUT2D eigenvalue weighted by atomic mass is 32.1. The smallest absolute Gasteiger partial charge is 0.230 e. The highest BCUT2D eigenvalue weighted by molar-refractivity contribution is 7.15. The number of hydrogen-bond acceptors (Lipinski definition) is 4. The molecule has 1 N–H and O–H groups in total. The molecule has 0 atom stereocenters. The number of nitrogens with one attached hydrogen (secondary N) is 1. The van der Waals surface area contributed by atoms with E-state index in [9.17, 15) is 9.18 Å². The topological polar surface area (TPSA) is 54.9 Å². The molecular weight excluding hydrogens is 265 g/mol. The van der Waals surface area contributed by atoms with E-state index in [2.05, 4.69) is 15.5 Å². The van der Waals surface area contributed by atoms with Gasteiger partial charge in [-0.05, 0) is 30.5 Å². The number of aromatic nitrogens is 2. The monoisotopic (exact) mass is 277 g/mol. The molecule has 1 aliphatic carbocycles. The van der Waals surface area contributed by atoms with Gasteiger partial charge >= 0.3 is 0 Å². The highest BCUT2D eigenvalue weighted by Gasteiger charge is 2.27. The van der Waals surface area contributed by atoms with Crippen molar-refractivity contribution in [1.82, 2.24) is 10.2 Å². The number of carbonyl (C=O) groups excluding carboxylic acids is 1. The van der Waals surface area contributed by atoms with Gasteiger partial charge in [-0.15, -0.1) is 10.2 Å². The SMILES string of the molecule is O=C(Cc1cccc(F)c1)Nc1nnc(C2CC2)s1. The average Bonchev–Trinajstić information content (AvgIpc) is 3.11. The van der Waals surface area contributed by atoms with Crippen LogP contribution in [-0.4, -0.2) is 16.1 Å². The standard InChI is InChI=1S/C13H12FN3OS/c14-10-3-1-2-8(6-10)7-11(18)15-13-17-16-12(19-13)9-4-5-9/h1-3,6,9H,4-5,7H2,(H,15,17,18).